The summed E-state index contributed by atoms with van der Waals surface area (Å²) in [5.41, 5.74) is 0.922. The number of aromatic nitrogens is 1. The molecule has 0 spiro atoms. The van der Waals surface area contributed by atoms with E-state index in [0.717, 1.165) is 18.9 Å². The molecule has 1 fully saturated rings. The fourth-order valence-corrected chi connectivity index (χ4v) is 2.32. The molecule has 0 aliphatic carbocycles. The van der Waals surface area contributed by atoms with E-state index in [-0.39, 0.29) is 5.41 Å². The molecular weight excluding hydrogens is 208 g/mol. The van der Waals surface area contributed by atoms with Gasteiger partial charge in [-0.2, -0.15) is 0 Å². The highest BCUT2D eigenvalue weighted by Crippen LogP contribution is 2.31. The van der Waals surface area contributed by atoms with E-state index >= 15 is 0 Å². The van der Waals surface area contributed by atoms with Gasteiger partial charge in [0.05, 0.1) is 5.41 Å². The lowest BCUT2D eigenvalue weighted by molar-refractivity contribution is 0.566. The molecule has 0 atom stereocenters. The van der Waals surface area contributed by atoms with Crippen molar-refractivity contribution in [2.45, 2.75) is 38.5 Å². The summed E-state index contributed by atoms with van der Waals surface area (Å²) >= 11 is 0. The third-order valence-electron chi connectivity index (χ3n) is 3.48. The molecule has 0 saturated carbocycles. The second-order valence-corrected chi connectivity index (χ2v) is 5.19. The van der Waals surface area contributed by atoms with Gasteiger partial charge in [-0.05, 0) is 39.2 Å². The zero-order valence-electron chi connectivity index (χ0n) is 10.7. The van der Waals surface area contributed by atoms with E-state index in [1.54, 1.807) is 0 Å². The molecular formula is C15H20N2. The van der Waals surface area contributed by atoms with Crippen LogP contribution < -0.4 is 4.90 Å². The number of anilines is 1. The van der Waals surface area contributed by atoms with Gasteiger partial charge in [-0.3, -0.25) is 0 Å². The van der Waals surface area contributed by atoms with Gasteiger partial charge < -0.3 is 4.90 Å². The second kappa shape index (κ2) is 4.79. The first-order valence-electron chi connectivity index (χ1n) is 6.33. The molecule has 1 aliphatic rings. The molecule has 2 heterocycles. The molecule has 0 radical (unpaired) electrons. The van der Waals surface area contributed by atoms with Gasteiger partial charge in [0.15, 0.2) is 0 Å². The first-order valence-corrected chi connectivity index (χ1v) is 6.33. The van der Waals surface area contributed by atoms with Crippen molar-refractivity contribution in [2.24, 2.45) is 0 Å². The average Bonchev–Trinajstić information content (AvgIpc) is 2.40. The third-order valence-corrected chi connectivity index (χ3v) is 3.48. The van der Waals surface area contributed by atoms with Crippen LogP contribution in [0.15, 0.2) is 18.3 Å². The largest absolute Gasteiger partial charge is 0.356 e. The van der Waals surface area contributed by atoms with E-state index in [1.165, 1.54) is 24.8 Å². The van der Waals surface area contributed by atoms with E-state index in [9.17, 15) is 0 Å². The molecule has 90 valence electrons. The molecule has 1 aromatic rings. The summed E-state index contributed by atoms with van der Waals surface area (Å²) in [4.78, 5) is 6.92. The molecule has 0 bridgehead atoms. The van der Waals surface area contributed by atoms with E-state index in [0.29, 0.717) is 0 Å². The van der Waals surface area contributed by atoms with E-state index in [4.69, 9.17) is 6.42 Å². The summed E-state index contributed by atoms with van der Waals surface area (Å²) in [6.07, 6.45) is 11.3. The van der Waals surface area contributed by atoms with Crippen LogP contribution in [0.25, 0.3) is 0 Å². The Balaban J connectivity index is 2.37. The summed E-state index contributed by atoms with van der Waals surface area (Å²) in [5, 5.41) is 0. The fourth-order valence-electron chi connectivity index (χ4n) is 2.32. The molecule has 0 aromatic carbocycles. The van der Waals surface area contributed by atoms with Crippen LogP contribution in [0.3, 0.4) is 0 Å². The Kier molecular flexibility index (Phi) is 3.38. The monoisotopic (exact) mass is 228 g/mol. The van der Waals surface area contributed by atoms with Crippen LogP contribution in [0.1, 0.15) is 38.7 Å². The average molecular weight is 228 g/mol. The van der Waals surface area contributed by atoms with Gasteiger partial charge in [-0.25, -0.2) is 4.98 Å². The second-order valence-electron chi connectivity index (χ2n) is 5.19. The van der Waals surface area contributed by atoms with Crippen LogP contribution in [0.4, 0.5) is 5.82 Å². The lowest BCUT2D eigenvalue weighted by atomic mass is 9.85. The van der Waals surface area contributed by atoms with E-state index < -0.39 is 0 Å². The zero-order valence-corrected chi connectivity index (χ0v) is 10.7. The van der Waals surface area contributed by atoms with Crippen LogP contribution in [0.2, 0.25) is 0 Å². The molecule has 1 aromatic heterocycles. The lowest BCUT2D eigenvalue weighted by Crippen LogP contribution is -2.32. The lowest BCUT2D eigenvalue weighted by Gasteiger charge is -2.32. The summed E-state index contributed by atoms with van der Waals surface area (Å²) in [6.45, 7) is 6.37. The smallest absolute Gasteiger partial charge is 0.133 e. The number of hydrogen-bond donors (Lipinski definition) is 0. The van der Waals surface area contributed by atoms with Gasteiger partial charge in [-0.15, -0.1) is 6.42 Å². The van der Waals surface area contributed by atoms with E-state index in [1.807, 2.05) is 12.3 Å². The van der Waals surface area contributed by atoms with Crippen molar-refractivity contribution in [3.63, 3.8) is 0 Å². The maximum atomic E-state index is 5.64. The highest BCUT2D eigenvalue weighted by Gasteiger charge is 2.25. The van der Waals surface area contributed by atoms with Gasteiger partial charge in [0.25, 0.3) is 0 Å². The predicted octanol–water partition coefficient (Wildman–Crippen LogP) is 2.98. The minimum atomic E-state index is -0.249. The summed E-state index contributed by atoms with van der Waals surface area (Å²) in [5.74, 6) is 3.95. The number of hydrogen-bond acceptors (Lipinski definition) is 2. The Morgan fingerprint density at radius 3 is 2.65 bits per heavy atom. The van der Waals surface area contributed by atoms with Gasteiger partial charge >= 0.3 is 0 Å². The third kappa shape index (κ3) is 2.44. The van der Waals surface area contributed by atoms with Gasteiger partial charge in [0, 0.05) is 24.8 Å². The molecule has 1 saturated heterocycles. The van der Waals surface area contributed by atoms with Crippen molar-refractivity contribution < 1.29 is 0 Å². The number of nitrogens with zero attached hydrogens (tertiary/aromatic N) is 2. The van der Waals surface area contributed by atoms with Gasteiger partial charge in [-0.1, -0.05) is 12.0 Å². The van der Waals surface area contributed by atoms with Crippen molar-refractivity contribution in [2.75, 3.05) is 18.0 Å². The molecule has 17 heavy (non-hydrogen) atoms. The summed E-state index contributed by atoms with van der Waals surface area (Å²) < 4.78 is 0. The number of terminal acetylenes is 1. The van der Waals surface area contributed by atoms with Crippen LogP contribution in [-0.4, -0.2) is 18.1 Å². The predicted molar refractivity (Wildman–Crippen MR) is 72.2 cm³/mol. The maximum absolute atomic E-state index is 5.64. The summed E-state index contributed by atoms with van der Waals surface area (Å²) in [6, 6.07) is 4.08. The Morgan fingerprint density at radius 2 is 2.00 bits per heavy atom. The Hall–Kier alpha value is -1.49. The van der Waals surface area contributed by atoms with Crippen molar-refractivity contribution in [3.8, 4) is 12.3 Å². The van der Waals surface area contributed by atoms with Crippen molar-refractivity contribution in [3.05, 3.63) is 23.9 Å². The molecule has 2 nitrogen and oxygen atoms in total. The quantitative estimate of drug-likeness (QED) is 0.723. The molecule has 2 rings (SSSR count). The summed E-state index contributed by atoms with van der Waals surface area (Å²) in [7, 11) is 0. The normalized spacial score (nSPS) is 16.6. The SMILES string of the molecule is C#CC(C)(C)c1cccnc1N1CCCCC1. The van der Waals surface area contributed by atoms with E-state index in [2.05, 4.69) is 35.7 Å². The zero-order chi connectivity index (χ0) is 12.3. The van der Waals surface area contributed by atoms with Crippen molar-refractivity contribution in [1.29, 1.82) is 0 Å². The minimum Gasteiger partial charge on any atom is -0.356 e. The van der Waals surface area contributed by atoms with Gasteiger partial charge in [0.1, 0.15) is 5.82 Å². The number of rotatable bonds is 2. The van der Waals surface area contributed by atoms with Crippen molar-refractivity contribution >= 4 is 5.82 Å². The van der Waals surface area contributed by atoms with Crippen molar-refractivity contribution in [1.82, 2.24) is 4.98 Å². The van der Waals surface area contributed by atoms with Crippen LogP contribution in [-0.2, 0) is 5.41 Å². The fraction of sp³-hybridized carbons (Fsp3) is 0.533. The Morgan fingerprint density at radius 1 is 1.29 bits per heavy atom. The maximum Gasteiger partial charge on any atom is 0.133 e. The number of piperidine rings is 1. The minimum absolute atomic E-state index is 0.249. The van der Waals surface area contributed by atoms with Crippen LogP contribution >= 0.6 is 0 Å². The highest BCUT2D eigenvalue weighted by molar-refractivity contribution is 5.53. The van der Waals surface area contributed by atoms with Crippen LogP contribution in [0, 0.1) is 12.3 Å². The Bertz CT molecular complexity index is 423. The highest BCUT2D eigenvalue weighted by atomic mass is 15.2. The molecule has 0 amide bonds. The molecule has 1 aliphatic heterocycles. The molecule has 2 heteroatoms. The topological polar surface area (TPSA) is 16.1 Å². The molecule has 0 N–H and O–H groups in total. The first-order chi connectivity index (χ1) is 8.15. The molecule has 0 unspecified atom stereocenters. The van der Waals surface area contributed by atoms with Crippen LogP contribution in [0.5, 0.6) is 0 Å². The standard InChI is InChI=1S/C15H20N2/c1-4-15(2,3)13-9-8-10-16-14(13)17-11-6-5-7-12-17/h1,8-10H,5-7,11-12H2,2-3H3. The first kappa shape index (κ1) is 12.0. The Labute approximate surface area is 104 Å². The van der Waals surface area contributed by atoms with Gasteiger partial charge in [0.2, 0.25) is 0 Å². The number of pyridine rings is 1.